The van der Waals surface area contributed by atoms with Crippen LogP contribution in [0.4, 0.5) is 5.69 Å². The number of benzene rings is 1. The smallest absolute Gasteiger partial charge is 0.238 e. The van der Waals surface area contributed by atoms with E-state index in [-0.39, 0.29) is 4.90 Å². The summed E-state index contributed by atoms with van der Waals surface area (Å²) in [4.78, 5) is 4.51. The van der Waals surface area contributed by atoms with Gasteiger partial charge in [0.15, 0.2) is 5.17 Å². The van der Waals surface area contributed by atoms with Crippen molar-refractivity contribution in [1.82, 2.24) is 0 Å². The number of nitrogens with two attached hydrogens (primary N) is 1. The molecule has 1 aromatic rings. The lowest BCUT2D eigenvalue weighted by molar-refractivity contribution is 0.598. The fourth-order valence-corrected chi connectivity index (χ4v) is 2.90. The van der Waals surface area contributed by atoms with E-state index in [4.69, 9.17) is 5.14 Å². The van der Waals surface area contributed by atoms with E-state index in [2.05, 4.69) is 17.2 Å². The van der Waals surface area contributed by atoms with E-state index in [1.54, 1.807) is 23.9 Å². The van der Waals surface area contributed by atoms with Crippen LogP contribution in [0.1, 0.15) is 6.92 Å². The number of nitrogens with one attached hydrogen (secondary N) is 1. The number of sulfonamides is 1. The molecule has 0 fully saturated rings. The third kappa shape index (κ3) is 3.47. The second kappa shape index (κ2) is 5.29. The van der Waals surface area contributed by atoms with Gasteiger partial charge in [-0.15, -0.1) is 0 Å². The molecule has 1 atom stereocenters. The largest absolute Gasteiger partial charge is 0.335 e. The van der Waals surface area contributed by atoms with Gasteiger partial charge in [-0.05, 0) is 30.2 Å². The number of anilines is 1. The highest BCUT2D eigenvalue weighted by molar-refractivity contribution is 8.14. The maximum atomic E-state index is 11.1. The number of nitrogens with zero attached hydrogens (tertiary/aromatic N) is 1. The summed E-state index contributed by atoms with van der Waals surface area (Å²) in [6.07, 6.45) is 0. The van der Waals surface area contributed by atoms with Crippen LogP contribution in [0.2, 0.25) is 0 Å². The summed E-state index contributed by atoms with van der Waals surface area (Å²) in [7, 11) is -3.62. The average molecular weight is 285 g/mol. The molecule has 98 valence electrons. The molecule has 1 aliphatic heterocycles. The molecule has 1 aliphatic rings. The van der Waals surface area contributed by atoms with Crippen LogP contribution in [0.3, 0.4) is 0 Å². The Bertz CT molecular complexity index is 552. The van der Waals surface area contributed by atoms with Crippen molar-refractivity contribution in [2.45, 2.75) is 11.8 Å². The second-order valence-electron chi connectivity index (χ2n) is 4.26. The zero-order valence-electron chi connectivity index (χ0n) is 9.96. The molecular weight excluding hydrogens is 270 g/mol. The normalized spacial score (nSPS) is 20.3. The van der Waals surface area contributed by atoms with E-state index in [0.29, 0.717) is 5.92 Å². The van der Waals surface area contributed by atoms with Crippen LogP contribution >= 0.6 is 11.8 Å². The monoisotopic (exact) mass is 285 g/mol. The molecule has 0 aromatic heterocycles. The predicted molar refractivity (Wildman–Crippen MR) is 75.4 cm³/mol. The third-order valence-electron chi connectivity index (χ3n) is 2.49. The highest BCUT2D eigenvalue weighted by Crippen LogP contribution is 2.20. The first kappa shape index (κ1) is 13.4. The third-order valence-corrected chi connectivity index (χ3v) is 4.65. The van der Waals surface area contributed by atoms with Crippen LogP contribution in [0.15, 0.2) is 34.2 Å². The average Bonchev–Trinajstić information content (AvgIpc) is 2.32. The van der Waals surface area contributed by atoms with Crippen LogP contribution < -0.4 is 10.5 Å². The van der Waals surface area contributed by atoms with Crippen molar-refractivity contribution in [3.63, 3.8) is 0 Å². The van der Waals surface area contributed by atoms with E-state index < -0.39 is 10.0 Å². The number of primary sulfonamides is 1. The number of thioether (sulfide) groups is 1. The van der Waals surface area contributed by atoms with Gasteiger partial charge in [0, 0.05) is 18.0 Å². The van der Waals surface area contributed by atoms with Crippen molar-refractivity contribution in [2.24, 2.45) is 16.0 Å². The van der Waals surface area contributed by atoms with Gasteiger partial charge in [0.1, 0.15) is 0 Å². The molecule has 0 saturated carbocycles. The quantitative estimate of drug-likeness (QED) is 0.862. The minimum absolute atomic E-state index is 0.111. The van der Waals surface area contributed by atoms with E-state index in [1.807, 2.05) is 0 Å². The molecule has 3 N–H and O–H groups in total. The zero-order chi connectivity index (χ0) is 13.2. The first-order valence-electron chi connectivity index (χ1n) is 5.52. The maximum Gasteiger partial charge on any atom is 0.238 e. The summed E-state index contributed by atoms with van der Waals surface area (Å²) in [5.41, 5.74) is 0.809. The molecule has 2 rings (SSSR count). The van der Waals surface area contributed by atoms with Crippen LogP contribution in [0.25, 0.3) is 0 Å². The Kier molecular flexibility index (Phi) is 3.94. The second-order valence-corrected chi connectivity index (χ2v) is 6.83. The summed E-state index contributed by atoms with van der Waals surface area (Å²) in [5, 5.41) is 9.06. The highest BCUT2D eigenvalue weighted by atomic mass is 32.2. The molecule has 0 aliphatic carbocycles. The number of amidine groups is 1. The molecular formula is C11H15N3O2S2. The summed E-state index contributed by atoms with van der Waals surface area (Å²) in [5.74, 6) is 1.64. The molecule has 18 heavy (non-hydrogen) atoms. The first-order valence-corrected chi connectivity index (χ1v) is 8.05. The van der Waals surface area contributed by atoms with Gasteiger partial charge < -0.3 is 5.32 Å². The van der Waals surface area contributed by atoms with E-state index in [9.17, 15) is 8.42 Å². The fourth-order valence-electron chi connectivity index (χ4n) is 1.49. The Morgan fingerprint density at radius 3 is 2.56 bits per heavy atom. The van der Waals surface area contributed by atoms with Gasteiger partial charge in [-0.2, -0.15) is 0 Å². The van der Waals surface area contributed by atoms with Gasteiger partial charge in [0.25, 0.3) is 0 Å². The van der Waals surface area contributed by atoms with Crippen molar-refractivity contribution in [2.75, 3.05) is 17.6 Å². The number of rotatable bonds is 2. The van der Waals surface area contributed by atoms with Gasteiger partial charge in [0.05, 0.1) is 4.90 Å². The van der Waals surface area contributed by atoms with Crippen LogP contribution in [-0.2, 0) is 10.0 Å². The lowest BCUT2D eigenvalue weighted by Crippen LogP contribution is -2.18. The summed E-state index contributed by atoms with van der Waals surface area (Å²) < 4.78 is 22.2. The van der Waals surface area contributed by atoms with Gasteiger partial charge in [-0.1, -0.05) is 18.7 Å². The summed E-state index contributed by atoms with van der Waals surface area (Å²) in [6.45, 7) is 2.98. The number of hydrogen-bond donors (Lipinski definition) is 2. The van der Waals surface area contributed by atoms with Crippen molar-refractivity contribution in [1.29, 1.82) is 0 Å². The van der Waals surface area contributed by atoms with Crippen molar-refractivity contribution in [3.05, 3.63) is 24.3 Å². The standard InChI is InChI=1S/C11H15N3O2S2/c1-8-6-13-11(17-7-8)14-9-2-4-10(5-3-9)18(12,15)16/h2-5,8H,6-7H2,1H3,(H,13,14)(H2,12,15,16). The van der Waals surface area contributed by atoms with Crippen molar-refractivity contribution in [3.8, 4) is 0 Å². The fraction of sp³-hybridized carbons (Fsp3) is 0.364. The van der Waals surface area contributed by atoms with Crippen LogP contribution in [0.5, 0.6) is 0 Å². The topological polar surface area (TPSA) is 84.5 Å². The molecule has 1 aromatic carbocycles. The summed E-state index contributed by atoms with van der Waals surface area (Å²) in [6, 6.07) is 6.32. The van der Waals surface area contributed by atoms with E-state index >= 15 is 0 Å². The molecule has 0 radical (unpaired) electrons. The van der Waals surface area contributed by atoms with Crippen molar-refractivity contribution >= 4 is 32.6 Å². The lowest BCUT2D eigenvalue weighted by atomic mass is 10.2. The lowest BCUT2D eigenvalue weighted by Gasteiger charge is -2.17. The molecule has 7 heteroatoms. The van der Waals surface area contributed by atoms with Crippen molar-refractivity contribution < 1.29 is 8.42 Å². The zero-order valence-corrected chi connectivity index (χ0v) is 11.6. The summed E-state index contributed by atoms with van der Waals surface area (Å²) >= 11 is 1.67. The molecule has 0 bridgehead atoms. The van der Waals surface area contributed by atoms with Gasteiger partial charge in [-0.3, -0.25) is 4.99 Å². The predicted octanol–water partition coefficient (Wildman–Crippen LogP) is 1.48. The van der Waals surface area contributed by atoms with E-state index in [1.165, 1.54) is 12.1 Å². The molecule has 1 heterocycles. The maximum absolute atomic E-state index is 11.1. The Morgan fingerprint density at radius 2 is 2.06 bits per heavy atom. The molecule has 0 spiro atoms. The van der Waals surface area contributed by atoms with Crippen LogP contribution in [0, 0.1) is 5.92 Å². The minimum atomic E-state index is -3.62. The molecule has 1 unspecified atom stereocenters. The minimum Gasteiger partial charge on any atom is -0.335 e. The molecule has 5 nitrogen and oxygen atoms in total. The van der Waals surface area contributed by atoms with Crippen LogP contribution in [-0.4, -0.2) is 25.9 Å². The number of aliphatic imine (C=N–C) groups is 1. The SMILES string of the molecule is CC1CN=C(Nc2ccc(S(N)(=O)=O)cc2)SC1. The van der Waals surface area contributed by atoms with E-state index in [0.717, 1.165) is 23.2 Å². The number of hydrogen-bond acceptors (Lipinski definition) is 5. The molecule has 0 amide bonds. The molecule has 0 saturated heterocycles. The van der Waals surface area contributed by atoms with Gasteiger partial charge >= 0.3 is 0 Å². The Hall–Kier alpha value is -1.05. The Balaban J connectivity index is 2.07. The Morgan fingerprint density at radius 1 is 1.39 bits per heavy atom. The first-order chi connectivity index (χ1) is 8.45. The van der Waals surface area contributed by atoms with Gasteiger partial charge in [-0.25, -0.2) is 13.6 Å². The Labute approximate surface area is 111 Å². The van der Waals surface area contributed by atoms with Gasteiger partial charge in [0.2, 0.25) is 10.0 Å². The highest BCUT2D eigenvalue weighted by Gasteiger charge is 2.12.